The van der Waals surface area contributed by atoms with Gasteiger partial charge in [-0.25, -0.2) is 4.68 Å². The van der Waals surface area contributed by atoms with Gasteiger partial charge >= 0.3 is 5.97 Å². The van der Waals surface area contributed by atoms with E-state index in [1.54, 1.807) is 20.0 Å². The first-order valence-corrected chi connectivity index (χ1v) is 6.41. The Bertz CT molecular complexity index is 482. The molecule has 0 spiro atoms. The first-order valence-electron chi connectivity index (χ1n) is 6.41. The number of anilines is 1. The molecule has 19 heavy (non-hydrogen) atoms. The predicted octanol–water partition coefficient (Wildman–Crippen LogP) is 1.04. The molecule has 0 aromatic carbocycles. The molecule has 0 fully saturated rings. The van der Waals surface area contributed by atoms with Crippen molar-refractivity contribution in [2.75, 3.05) is 18.5 Å². The summed E-state index contributed by atoms with van der Waals surface area (Å²) in [6, 6.07) is 1.48. The molecule has 106 valence electrons. The summed E-state index contributed by atoms with van der Waals surface area (Å²) < 4.78 is 6.08. The number of hydrogen-bond donors (Lipinski definition) is 0. The van der Waals surface area contributed by atoms with Crippen LogP contribution in [0.4, 0.5) is 5.69 Å². The van der Waals surface area contributed by atoms with Gasteiger partial charge in [0, 0.05) is 19.7 Å². The fourth-order valence-corrected chi connectivity index (χ4v) is 1.64. The first kappa shape index (κ1) is 15.2. The van der Waals surface area contributed by atoms with E-state index in [1.807, 2.05) is 11.9 Å². The predicted molar refractivity (Wildman–Crippen MR) is 73.3 cm³/mol. The molecule has 0 radical (unpaired) electrons. The van der Waals surface area contributed by atoms with Crippen molar-refractivity contribution in [3.05, 3.63) is 22.6 Å². The molecular weight excluding hydrogens is 246 g/mol. The Balaban J connectivity index is 2.78. The maximum absolute atomic E-state index is 11.8. The first-order chi connectivity index (χ1) is 8.93. The molecule has 0 aliphatic rings. The molecule has 6 nitrogen and oxygen atoms in total. The Kier molecular flexibility index (Phi) is 5.54. The lowest BCUT2D eigenvalue weighted by molar-refractivity contribution is -0.148. The van der Waals surface area contributed by atoms with Crippen molar-refractivity contribution in [2.45, 2.75) is 39.8 Å². The van der Waals surface area contributed by atoms with E-state index in [0.29, 0.717) is 0 Å². The van der Waals surface area contributed by atoms with E-state index in [4.69, 9.17) is 4.74 Å². The zero-order valence-corrected chi connectivity index (χ0v) is 11.9. The highest BCUT2D eigenvalue weighted by Gasteiger charge is 2.10. The molecule has 0 aliphatic heterocycles. The summed E-state index contributed by atoms with van der Waals surface area (Å²) in [6.07, 6.45) is 2.37. The molecule has 1 heterocycles. The van der Waals surface area contributed by atoms with Crippen LogP contribution in [0.15, 0.2) is 17.1 Å². The minimum Gasteiger partial charge on any atom is -0.462 e. The fraction of sp³-hybridized carbons (Fsp3) is 0.615. The van der Waals surface area contributed by atoms with Gasteiger partial charge in [-0.05, 0) is 20.3 Å². The third-order valence-electron chi connectivity index (χ3n) is 2.50. The Hall–Kier alpha value is -1.85. The third-order valence-corrected chi connectivity index (χ3v) is 2.50. The van der Waals surface area contributed by atoms with Crippen molar-refractivity contribution in [1.82, 2.24) is 9.78 Å². The monoisotopic (exact) mass is 267 g/mol. The second kappa shape index (κ2) is 6.92. The molecule has 0 unspecified atom stereocenters. The lowest BCUT2D eigenvalue weighted by Crippen LogP contribution is -2.29. The van der Waals surface area contributed by atoms with Gasteiger partial charge in [-0.1, -0.05) is 6.92 Å². The molecule has 0 saturated carbocycles. The molecule has 0 atom stereocenters. The van der Waals surface area contributed by atoms with Crippen molar-refractivity contribution in [2.24, 2.45) is 0 Å². The molecule has 0 amide bonds. The van der Waals surface area contributed by atoms with Gasteiger partial charge in [0.2, 0.25) is 0 Å². The number of aromatic nitrogens is 2. The molecule has 0 saturated heterocycles. The highest BCUT2D eigenvalue weighted by Crippen LogP contribution is 2.07. The van der Waals surface area contributed by atoms with E-state index in [-0.39, 0.29) is 18.2 Å². The van der Waals surface area contributed by atoms with Crippen LogP contribution < -0.4 is 10.5 Å². The summed E-state index contributed by atoms with van der Waals surface area (Å²) in [6.45, 7) is 6.27. The third kappa shape index (κ3) is 4.73. The van der Waals surface area contributed by atoms with Crippen LogP contribution in [-0.2, 0) is 16.1 Å². The average molecular weight is 267 g/mol. The zero-order chi connectivity index (χ0) is 14.4. The maximum atomic E-state index is 11.8. The lowest BCUT2D eigenvalue weighted by Gasteiger charge is -2.17. The summed E-state index contributed by atoms with van der Waals surface area (Å²) in [5.74, 6) is -0.459. The van der Waals surface area contributed by atoms with Crippen LogP contribution in [0.2, 0.25) is 0 Å². The number of carbonyl (C=O) groups is 1. The molecular formula is C13H21N3O3. The van der Waals surface area contributed by atoms with Gasteiger partial charge in [0.25, 0.3) is 5.56 Å². The molecule has 0 bridgehead atoms. The minimum absolute atomic E-state index is 0.158. The van der Waals surface area contributed by atoms with Gasteiger partial charge in [0.1, 0.15) is 6.54 Å². The zero-order valence-electron chi connectivity index (χ0n) is 11.9. The second-order valence-corrected chi connectivity index (χ2v) is 4.67. The summed E-state index contributed by atoms with van der Waals surface area (Å²) in [5.41, 5.74) is 0.446. The smallest absolute Gasteiger partial charge is 0.328 e. The number of nitrogens with zero attached hydrogens (tertiary/aromatic N) is 3. The van der Waals surface area contributed by atoms with Crippen LogP contribution >= 0.6 is 0 Å². The van der Waals surface area contributed by atoms with Crippen molar-refractivity contribution in [3.63, 3.8) is 0 Å². The molecule has 1 aromatic heterocycles. The average Bonchev–Trinajstić information content (AvgIpc) is 2.31. The Morgan fingerprint density at radius 2 is 2.21 bits per heavy atom. The number of hydrogen-bond acceptors (Lipinski definition) is 5. The summed E-state index contributed by atoms with van der Waals surface area (Å²) >= 11 is 0. The maximum Gasteiger partial charge on any atom is 0.328 e. The van der Waals surface area contributed by atoms with E-state index in [0.717, 1.165) is 23.3 Å². The van der Waals surface area contributed by atoms with Gasteiger partial charge in [-0.2, -0.15) is 5.10 Å². The van der Waals surface area contributed by atoms with E-state index >= 15 is 0 Å². The van der Waals surface area contributed by atoms with E-state index in [1.165, 1.54) is 6.07 Å². The SMILES string of the molecule is CCCN(C)c1cnn(CC(=O)OC(C)C)c(=O)c1. The van der Waals surface area contributed by atoms with Gasteiger partial charge in [-0.15, -0.1) is 0 Å². The number of ether oxygens (including phenoxy) is 1. The van der Waals surface area contributed by atoms with E-state index < -0.39 is 5.97 Å². The van der Waals surface area contributed by atoms with Gasteiger partial charge in [-0.3, -0.25) is 9.59 Å². The highest BCUT2D eigenvalue weighted by atomic mass is 16.5. The topological polar surface area (TPSA) is 64.4 Å². The quantitative estimate of drug-likeness (QED) is 0.721. The summed E-state index contributed by atoms with van der Waals surface area (Å²) in [4.78, 5) is 25.2. The number of esters is 1. The normalized spacial score (nSPS) is 10.6. The fourth-order valence-electron chi connectivity index (χ4n) is 1.64. The van der Waals surface area contributed by atoms with Crippen molar-refractivity contribution in [1.29, 1.82) is 0 Å². The van der Waals surface area contributed by atoms with Crippen LogP contribution in [0.3, 0.4) is 0 Å². The second-order valence-electron chi connectivity index (χ2n) is 4.67. The molecule has 6 heteroatoms. The molecule has 1 aromatic rings. The number of rotatable bonds is 6. The Morgan fingerprint density at radius 1 is 1.53 bits per heavy atom. The lowest BCUT2D eigenvalue weighted by atomic mass is 10.3. The Morgan fingerprint density at radius 3 is 2.74 bits per heavy atom. The molecule has 0 N–H and O–H groups in total. The van der Waals surface area contributed by atoms with Gasteiger partial charge in [0.05, 0.1) is 18.0 Å². The van der Waals surface area contributed by atoms with Crippen LogP contribution in [0, 0.1) is 0 Å². The van der Waals surface area contributed by atoms with Crippen molar-refractivity contribution < 1.29 is 9.53 Å². The van der Waals surface area contributed by atoms with E-state index in [2.05, 4.69) is 12.0 Å². The van der Waals surface area contributed by atoms with Crippen LogP contribution in [0.5, 0.6) is 0 Å². The van der Waals surface area contributed by atoms with Crippen LogP contribution in [-0.4, -0.2) is 35.4 Å². The summed E-state index contributed by atoms with van der Waals surface area (Å²) in [5, 5.41) is 3.99. The summed E-state index contributed by atoms with van der Waals surface area (Å²) in [7, 11) is 1.90. The van der Waals surface area contributed by atoms with Gasteiger partial charge in [0.15, 0.2) is 0 Å². The highest BCUT2D eigenvalue weighted by molar-refractivity contribution is 5.69. The van der Waals surface area contributed by atoms with Crippen LogP contribution in [0.1, 0.15) is 27.2 Å². The van der Waals surface area contributed by atoms with Crippen molar-refractivity contribution >= 4 is 11.7 Å². The van der Waals surface area contributed by atoms with Crippen molar-refractivity contribution in [3.8, 4) is 0 Å². The molecule has 0 aliphatic carbocycles. The number of carbonyl (C=O) groups excluding carboxylic acids is 1. The Labute approximate surface area is 113 Å². The largest absolute Gasteiger partial charge is 0.462 e. The van der Waals surface area contributed by atoms with Crippen LogP contribution in [0.25, 0.3) is 0 Å². The minimum atomic E-state index is -0.459. The van der Waals surface area contributed by atoms with Gasteiger partial charge < -0.3 is 9.64 Å². The standard InChI is InChI=1S/C13H21N3O3/c1-5-6-15(4)11-7-12(17)16(14-8-11)9-13(18)19-10(2)3/h7-8,10H,5-6,9H2,1-4H3. The molecule has 1 rings (SSSR count). The van der Waals surface area contributed by atoms with E-state index in [9.17, 15) is 9.59 Å².